The molecule has 2 heterocycles. The highest BCUT2D eigenvalue weighted by molar-refractivity contribution is 7.07. The third-order valence-electron chi connectivity index (χ3n) is 6.64. The number of carbonyl (C=O) groups excluding carboxylic acids is 1. The number of esters is 1. The molecule has 1 atom stereocenters. The van der Waals surface area contributed by atoms with Crippen molar-refractivity contribution in [2.75, 3.05) is 6.61 Å². The Kier molecular flexibility index (Phi) is 7.55. The molecular formula is C30H34N2O4S. The van der Waals surface area contributed by atoms with Crippen LogP contribution in [0.1, 0.15) is 87.2 Å². The Labute approximate surface area is 221 Å². The molecule has 3 aromatic rings. The van der Waals surface area contributed by atoms with E-state index in [4.69, 9.17) is 4.74 Å². The number of hydrogen-bond donors (Lipinski definition) is 1. The summed E-state index contributed by atoms with van der Waals surface area (Å²) < 4.78 is 7.49. The lowest BCUT2D eigenvalue weighted by Crippen LogP contribution is -2.39. The Hall–Kier alpha value is -3.45. The molecule has 6 nitrogen and oxygen atoms in total. The molecule has 1 aromatic heterocycles. The van der Waals surface area contributed by atoms with Crippen molar-refractivity contribution in [3.63, 3.8) is 0 Å². The number of allylic oxidation sites excluding steroid dienone is 1. The van der Waals surface area contributed by atoms with Gasteiger partial charge in [0.2, 0.25) is 0 Å². The zero-order chi connectivity index (χ0) is 27.0. The normalized spacial score (nSPS) is 15.8. The largest absolute Gasteiger partial charge is 0.507 e. The number of aromatic nitrogens is 1. The van der Waals surface area contributed by atoms with Crippen molar-refractivity contribution in [3.8, 4) is 5.75 Å². The van der Waals surface area contributed by atoms with Crippen LogP contribution in [0.4, 0.5) is 0 Å². The van der Waals surface area contributed by atoms with Crippen molar-refractivity contribution in [2.24, 2.45) is 4.99 Å². The first-order chi connectivity index (χ1) is 17.5. The van der Waals surface area contributed by atoms with Crippen LogP contribution in [-0.4, -0.2) is 22.2 Å². The molecule has 0 fully saturated rings. The molecule has 1 N–H and O–H groups in total. The van der Waals surface area contributed by atoms with E-state index in [1.54, 1.807) is 18.4 Å². The van der Waals surface area contributed by atoms with Gasteiger partial charge in [-0.15, -0.1) is 0 Å². The number of carbonyl (C=O) groups is 1. The Morgan fingerprint density at radius 2 is 1.70 bits per heavy atom. The molecule has 0 bridgehead atoms. The first kappa shape index (κ1) is 26.6. The molecule has 0 aliphatic carbocycles. The average molecular weight is 519 g/mol. The molecule has 0 saturated carbocycles. The molecule has 0 spiro atoms. The number of hydrogen-bond acceptors (Lipinski definition) is 6. The summed E-state index contributed by atoms with van der Waals surface area (Å²) in [6.45, 7) is 13.9. The lowest BCUT2D eigenvalue weighted by molar-refractivity contribution is -0.139. The standard InChI is InChI=1S/C30H34N2O4S/c1-8-36-29(35)25-19(7)31-30-32(26(25)21-11-9-18(6)10-12-21)28(34)24(37-30)15-20-13-22(16(2)3)27(33)23(14-20)17(4)5/h9-17,26,33H,8H2,1-7H3/b24-15-/t26-/m0/s1. The number of nitrogens with zero attached hydrogens (tertiary/aromatic N) is 2. The van der Waals surface area contributed by atoms with E-state index in [0.29, 0.717) is 26.4 Å². The maximum atomic E-state index is 13.9. The summed E-state index contributed by atoms with van der Waals surface area (Å²) in [6, 6.07) is 11.1. The molecule has 7 heteroatoms. The fourth-order valence-electron chi connectivity index (χ4n) is 4.67. The fraction of sp³-hybridized carbons (Fsp3) is 0.367. The maximum Gasteiger partial charge on any atom is 0.338 e. The number of rotatable bonds is 6. The van der Waals surface area contributed by atoms with E-state index in [-0.39, 0.29) is 24.0 Å². The van der Waals surface area contributed by atoms with E-state index < -0.39 is 12.0 Å². The zero-order valence-electron chi connectivity index (χ0n) is 22.5. The van der Waals surface area contributed by atoms with Crippen LogP contribution in [0, 0.1) is 6.92 Å². The highest BCUT2D eigenvalue weighted by Crippen LogP contribution is 2.35. The molecule has 1 aliphatic heterocycles. The number of thiazole rings is 1. The summed E-state index contributed by atoms with van der Waals surface area (Å²) in [6.07, 6.45) is 1.86. The molecule has 0 unspecified atom stereocenters. The van der Waals surface area contributed by atoms with Crippen LogP contribution in [0.2, 0.25) is 0 Å². The summed E-state index contributed by atoms with van der Waals surface area (Å²) in [7, 11) is 0. The third kappa shape index (κ3) is 5.05. The van der Waals surface area contributed by atoms with Gasteiger partial charge in [0.25, 0.3) is 5.56 Å². The third-order valence-corrected chi connectivity index (χ3v) is 7.63. The van der Waals surface area contributed by atoms with Gasteiger partial charge >= 0.3 is 5.97 Å². The molecule has 2 aromatic carbocycles. The van der Waals surface area contributed by atoms with Gasteiger partial charge < -0.3 is 9.84 Å². The topological polar surface area (TPSA) is 80.9 Å². The monoisotopic (exact) mass is 518 g/mol. The van der Waals surface area contributed by atoms with Crippen molar-refractivity contribution < 1.29 is 14.6 Å². The van der Waals surface area contributed by atoms with Gasteiger partial charge in [-0.05, 0) is 73.1 Å². The Balaban J connectivity index is 1.96. The number of aryl methyl sites for hydroxylation is 1. The van der Waals surface area contributed by atoms with Crippen molar-refractivity contribution in [1.29, 1.82) is 0 Å². The van der Waals surface area contributed by atoms with E-state index >= 15 is 0 Å². The van der Waals surface area contributed by atoms with Crippen molar-refractivity contribution in [3.05, 3.63) is 95.2 Å². The number of aromatic hydroxyl groups is 1. The number of ether oxygens (including phenoxy) is 1. The summed E-state index contributed by atoms with van der Waals surface area (Å²) in [5, 5.41) is 10.8. The molecule has 194 valence electrons. The van der Waals surface area contributed by atoms with E-state index in [0.717, 1.165) is 27.8 Å². The second-order valence-electron chi connectivity index (χ2n) is 10.1. The van der Waals surface area contributed by atoms with Crippen LogP contribution in [-0.2, 0) is 9.53 Å². The van der Waals surface area contributed by atoms with Gasteiger partial charge in [-0.2, -0.15) is 0 Å². The van der Waals surface area contributed by atoms with Crippen LogP contribution in [0.25, 0.3) is 6.08 Å². The fourth-order valence-corrected chi connectivity index (χ4v) is 5.72. The van der Waals surface area contributed by atoms with Crippen molar-refractivity contribution in [1.82, 2.24) is 4.57 Å². The zero-order valence-corrected chi connectivity index (χ0v) is 23.3. The van der Waals surface area contributed by atoms with Gasteiger partial charge in [0, 0.05) is 0 Å². The second kappa shape index (κ2) is 10.5. The average Bonchev–Trinajstić information content (AvgIpc) is 3.13. The molecule has 4 rings (SSSR count). The van der Waals surface area contributed by atoms with Gasteiger partial charge in [-0.3, -0.25) is 9.36 Å². The Morgan fingerprint density at radius 3 is 2.24 bits per heavy atom. The van der Waals surface area contributed by atoms with E-state index in [1.165, 1.54) is 11.3 Å². The minimum atomic E-state index is -0.629. The van der Waals surface area contributed by atoms with Gasteiger partial charge in [0.15, 0.2) is 4.80 Å². The molecular weight excluding hydrogens is 484 g/mol. The second-order valence-corrected chi connectivity index (χ2v) is 11.1. The summed E-state index contributed by atoms with van der Waals surface area (Å²) in [5.41, 5.74) is 5.17. The number of fused-ring (bicyclic) bond motifs is 1. The Morgan fingerprint density at radius 1 is 1.11 bits per heavy atom. The van der Waals surface area contributed by atoms with Crippen LogP contribution >= 0.6 is 11.3 Å². The lowest BCUT2D eigenvalue weighted by atomic mass is 9.91. The van der Waals surface area contributed by atoms with E-state index in [9.17, 15) is 14.7 Å². The van der Waals surface area contributed by atoms with Gasteiger partial charge in [-0.1, -0.05) is 68.9 Å². The van der Waals surface area contributed by atoms with Crippen LogP contribution in [0.3, 0.4) is 0 Å². The predicted octanol–water partition coefficient (Wildman–Crippen LogP) is 5.06. The summed E-state index contributed by atoms with van der Waals surface area (Å²) in [5.74, 6) is 0.106. The number of phenols is 1. The number of benzene rings is 2. The first-order valence-electron chi connectivity index (χ1n) is 12.7. The van der Waals surface area contributed by atoms with Crippen LogP contribution in [0.15, 0.2) is 57.5 Å². The van der Waals surface area contributed by atoms with Crippen LogP contribution < -0.4 is 14.9 Å². The van der Waals surface area contributed by atoms with E-state index in [1.807, 2.05) is 77.1 Å². The number of phenolic OH excluding ortho intramolecular Hbond substituents is 1. The molecule has 0 amide bonds. The van der Waals surface area contributed by atoms with Crippen molar-refractivity contribution in [2.45, 2.75) is 66.3 Å². The van der Waals surface area contributed by atoms with E-state index in [2.05, 4.69) is 4.99 Å². The van der Waals surface area contributed by atoms with Crippen molar-refractivity contribution >= 4 is 23.4 Å². The lowest BCUT2D eigenvalue weighted by Gasteiger charge is -2.24. The highest BCUT2D eigenvalue weighted by atomic mass is 32.1. The highest BCUT2D eigenvalue weighted by Gasteiger charge is 2.33. The molecule has 1 aliphatic rings. The minimum Gasteiger partial charge on any atom is -0.507 e. The quantitative estimate of drug-likeness (QED) is 0.463. The summed E-state index contributed by atoms with van der Waals surface area (Å²) >= 11 is 1.30. The SMILES string of the molecule is CCOC(=O)C1=C(C)N=c2s/c(=C\c3cc(C(C)C)c(O)c(C(C)C)c3)c(=O)n2[C@H]1c1ccc(C)cc1. The smallest absolute Gasteiger partial charge is 0.338 e. The summed E-state index contributed by atoms with van der Waals surface area (Å²) in [4.78, 5) is 32.1. The molecule has 37 heavy (non-hydrogen) atoms. The minimum absolute atomic E-state index is 0.128. The molecule has 0 saturated heterocycles. The van der Waals surface area contributed by atoms with Crippen LogP contribution in [0.5, 0.6) is 5.75 Å². The van der Waals surface area contributed by atoms with Gasteiger partial charge in [0.05, 0.1) is 28.5 Å². The maximum absolute atomic E-state index is 13.9. The Bertz CT molecular complexity index is 1530. The predicted molar refractivity (Wildman–Crippen MR) is 148 cm³/mol. The first-order valence-corrected chi connectivity index (χ1v) is 13.5. The van der Waals surface area contributed by atoms with Gasteiger partial charge in [0.1, 0.15) is 5.75 Å². The van der Waals surface area contributed by atoms with Gasteiger partial charge in [-0.25, -0.2) is 9.79 Å². The molecule has 0 radical (unpaired) electrons.